The number of methoxy groups -OCH3 is 1. The zero-order chi connectivity index (χ0) is 15.4. The van der Waals surface area contributed by atoms with Crippen molar-refractivity contribution < 1.29 is 14.3 Å². The molecule has 2 heterocycles. The van der Waals surface area contributed by atoms with E-state index in [1.807, 2.05) is 17.9 Å². The second kappa shape index (κ2) is 7.07. The molecule has 1 atom stereocenters. The van der Waals surface area contributed by atoms with Crippen LogP contribution in [0.2, 0.25) is 0 Å². The number of carbonyl (C=O) groups excluding carboxylic acids is 2. The summed E-state index contributed by atoms with van der Waals surface area (Å²) in [6.45, 7) is 4.89. The Balaban J connectivity index is 2.15. The number of amides is 1. The summed E-state index contributed by atoms with van der Waals surface area (Å²) in [6, 6.07) is 1.96. The summed E-state index contributed by atoms with van der Waals surface area (Å²) >= 11 is 1.58. The summed E-state index contributed by atoms with van der Waals surface area (Å²) in [4.78, 5) is 28.2. The SMILES string of the molecule is CCc1sc(C(=O)N2CCCCC2CC(=O)OC)cc1C. The Hall–Kier alpha value is -1.36. The van der Waals surface area contributed by atoms with Gasteiger partial charge in [0.1, 0.15) is 0 Å². The average Bonchev–Trinajstić information content (AvgIpc) is 2.88. The monoisotopic (exact) mass is 309 g/mol. The normalized spacial score (nSPS) is 18.6. The molecule has 1 aromatic heterocycles. The molecule has 1 aliphatic heterocycles. The third kappa shape index (κ3) is 3.64. The van der Waals surface area contributed by atoms with Gasteiger partial charge in [0.2, 0.25) is 0 Å². The van der Waals surface area contributed by atoms with Gasteiger partial charge < -0.3 is 9.64 Å². The van der Waals surface area contributed by atoms with Crippen molar-refractivity contribution in [2.24, 2.45) is 0 Å². The molecule has 1 saturated heterocycles. The van der Waals surface area contributed by atoms with E-state index in [9.17, 15) is 9.59 Å². The minimum absolute atomic E-state index is 0.0221. The standard InChI is InChI=1S/C16H23NO3S/c1-4-13-11(2)9-14(21-13)16(19)17-8-6-5-7-12(17)10-15(18)20-3/h9,12H,4-8,10H2,1-3H3. The van der Waals surface area contributed by atoms with Gasteiger partial charge in [-0.2, -0.15) is 0 Å². The zero-order valence-corrected chi connectivity index (χ0v) is 13.8. The zero-order valence-electron chi connectivity index (χ0n) is 13.0. The first-order chi connectivity index (χ1) is 10.1. The van der Waals surface area contributed by atoms with Crippen LogP contribution in [0.25, 0.3) is 0 Å². The second-order valence-corrected chi connectivity index (χ2v) is 6.64. The number of likely N-dealkylation sites (tertiary alicyclic amines) is 1. The Bertz CT molecular complexity index is 524. The van der Waals surface area contributed by atoms with Gasteiger partial charge in [-0.25, -0.2) is 0 Å². The molecule has 0 bridgehead atoms. The van der Waals surface area contributed by atoms with Crippen LogP contribution in [-0.4, -0.2) is 36.5 Å². The average molecular weight is 309 g/mol. The van der Waals surface area contributed by atoms with Crippen LogP contribution in [0.3, 0.4) is 0 Å². The maximum Gasteiger partial charge on any atom is 0.307 e. The van der Waals surface area contributed by atoms with Crippen molar-refractivity contribution in [3.05, 3.63) is 21.4 Å². The van der Waals surface area contributed by atoms with E-state index in [1.54, 1.807) is 11.3 Å². The highest BCUT2D eigenvalue weighted by atomic mass is 32.1. The molecule has 1 amide bonds. The molecule has 1 aliphatic rings. The largest absolute Gasteiger partial charge is 0.469 e. The van der Waals surface area contributed by atoms with E-state index in [1.165, 1.54) is 17.6 Å². The lowest BCUT2D eigenvalue weighted by Gasteiger charge is -2.35. The fourth-order valence-corrected chi connectivity index (χ4v) is 3.94. The number of carbonyl (C=O) groups is 2. The minimum Gasteiger partial charge on any atom is -0.469 e. The molecule has 0 aromatic carbocycles. The maximum atomic E-state index is 12.7. The van der Waals surface area contributed by atoms with Gasteiger partial charge in [0, 0.05) is 17.5 Å². The number of thiophene rings is 1. The van der Waals surface area contributed by atoms with Crippen molar-refractivity contribution in [1.29, 1.82) is 0 Å². The summed E-state index contributed by atoms with van der Waals surface area (Å²) in [7, 11) is 1.40. The molecule has 0 aliphatic carbocycles. The summed E-state index contributed by atoms with van der Waals surface area (Å²) in [5.74, 6) is -0.173. The van der Waals surface area contributed by atoms with Crippen LogP contribution in [-0.2, 0) is 16.0 Å². The lowest BCUT2D eigenvalue weighted by atomic mass is 9.99. The Labute approximate surface area is 130 Å². The first kappa shape index (κ1) is 16.0. The lowest BCUT2D eigenvalue weighted by Crippen LogP contribution is -2.44. The number of aryl methyl sites for hydroxylation is 2. The molecular weight excluding hydrogens is 286 g/mol. The molecule has 5 heteroatoms. The van der Waals surface area contributed by atoms with Crippen molar-refractivity contribution >= 4 is 23.2 Å². The number of rotatable bonds is 4. The molecule has 0 spiro atoms. The number of piperidine rings is 1. The molecule has 0 N–H and O–H groups in total. The predicted molar refractivity (Wildman–Crippen MR) is 83.7 cm³/mol. The van der Waals surface area contributed by atoms with Crippen LogP contribution >= 0.6 is 11.3 Å². The van der Waals surface area contributed by atoms with E-state index in [0.29, 0.717) is 6.42 Å². The Morgan fingerprint density at radius 3 is 2.81 bits per heavy atom. The summed E-state index contributed by atoms with van der Waals surface area (Å²) in [6.07, 6.45) is 4.21. The van der Waals surface area contributed by atoms with Crippen LogP contribution < -0.4 is 0 Å². The summed E-state index contributed by atoms with van der Waals surface area (Å²) in [5, 5.41) is 0. The summed E-state index contributed by atoms with van der Waals surface area (Å²) < 4.78 is 4.75. The van der Waals surface area contributed by atoms with Crippen molar-refractivity contribution in [2.75, 3.05) is 13.7 Å². The van der Waals surface area contributed by atoms with Crippen molar-refractivity contribution in [3.63, 3.8) is 0 Å². The fourth-order valence-electron chi connectivity index (χ4n) is 2.87. The summed E-state index contributed by atoms with van der Waals surface area (Å²) in [5.41, 5.74) is 1.19. The number of nitrogens with zero attached hydrogens (tertiary/aromatic N) is 1. The third-order valence-electron chi connectivity index (χ3n) is 4.07. The number of hydrogen-bond acceptors (Lipinski definition) is 4. The van der Waals surface area contributed by atoms with Gasteiger partial charge >= 0.3 is 5.97 Å². The van der Waals surface area contributed by atoms with E-state index in [-0.39, 0.29) is 17.9 Å². The van der Waals surface area contributed by atoms with Crippen molar-refractivity contribution in [3.8, 4) is 0 Å². The van der Waals surface area contributed by atoms with Crippen molar-refractivity contribution in [1.82, 2.24) is 4.90 Å². The smallest absolute Gasteiger partial charge is 0.307 e. The molecule has 1 unspecified atom stereocenters. The van der Waals surface area contributed by atoms with Gasteiger partial charge in [0.25, 0.3) is 5.91 Å². The van der Waals surface area contributed by atoms with E-state index < -0.39 is 0 Å². The van der Waals surface area contributed by atoms with Gasteiger partial charge in [0.15, 0.2) is 0 Å². The fraction of sp³-hybridized carbons (Fsp3) is 0.625. The van der Waals surface area contributed by atoms with Gasteiger partial charge in [-0.05, 0) is 44.2 Å². The van der Waals surface area contributed by atoms with Crippen molar-refractivity contribution in [2.45, 2.75) is 52.0 Å². The molecule has 0 saturated carbocycles. The Kier molecular flexibility index (Phi) is 5.39. The molecule has 4 nitrogen and oxygen atoms in total. The van der Waals surface area contributed by atoms with Crippen LogP contribution in [0.1, 0.15) is 52.7 Å². The number of esters is 1. The highest BCUT2D eigenvalue weighted by Gasteiger charge is 2.30. The molecule has 116 valence electrons. The first-order valence-corrected chi connectivity index (χ1v) is 8.35. The lowest BCUT2D eigenvalue weighted by molar-refractivity contribution is -0.142. The maximum absolute atomic E-state index is 12.7. The quantitative estimate of drug-likeness (QED) is 0.803. The highest BCUT2D eigenvalue weighted by molar-refractivity contribution is 7.14. The topological polar surface area (TPSA) is 46.6 Å². The Morgan fingerprint density at radius 2 is 2.19 bits per heavy atom. The van der Waals surface area contributed by atoms with Gasteiger partial charge in [-0.1, -0.05) is 6.92 Å². The van der Waals surface area contributed by atoms with Gasteiger partial charge in [-0.3, -0.25) is 9.59 Å². The molecular formula is C16H23NO3S. The van der Waals surface area contributed by atoms with Crippen LogP contribution in [0, 0.1) is 6.92 Å². The molecule has 2 rings (SSSR count). The minimum atomic E-state index is -0.240. The van der Waals surface area contributed by atoms with Crippen LogP contribution in [0.5, 0.6) is 0 Å². The van der Waals surface area contributed by atoms with E-state index >= 15 is 0 Å². The van der Waals surface area contributed by atoms with E-state index in [0.717, 1.165) is 37.1 Å². The molecule has 21 heavy (non-hydrogen) atoms. The highest BCUT2D eigenvalue weighted by Crippen LogP contribution is 2.27. The third-order valence-corrected chi connectivity index (χ3v) is 5.44. The number of hydrogen-bond donors (Lipinski definition) is 0. The van der Waals surface area contributed by atoms with Crippen LogP contribution in [0.4, 0.5) is 0 Å². The molecule has 0 radical (unpaired) electrons. The van der Waals surface area contributed by atoms with Crippen LogP contribution in [0.15, 0.2) is 6.07 Å². The molecule has 1 fully saturated rings. The van der Waals surface area contributed by atoms with E-state index in [4.69, 9.17) is 4.74 Å². The first-order valence-electron chi connectivity index (χ1n) is 7.53. The van der Waals surface area contributed by atoms with E-state index in [2.05, 4.69) is 6.92 Å². The predicted octanol–water partition coefficient (Wildman–Crippen LogP) is 3.18. The Morgan fingerprint density at radius 1 is 1.43 bits per heavy atom. The number of ether oxygens (including phenoxy) is 1. The van der Waals surface area contributed by atoms with Gasteiger partial charge in [-0.15, -0.1) is 11.3 Å². The second-order valence-electron chi connectivity index (χ2n) is 5.50. The van der Waals surface area contributed by atoms with Gasteiger partial charge in [0.05, 0.1) is 18.4 Å². The molecule has 1 aromatic rings.